The molecule has 2 aromatic heterocycles. The maximum Gasteiger partial charge on any atom is 0.185 e. The largest absolute Gasteiger partial charge is 0.346 e. The van der Waals surface area contributed by atoms with Crippen LogP contribution in [-0.2, 0) is 0 Å². The number of piperazine rings is 1. The minimum absolute atomic E-state index is 0.864. The molecule has 0 bridgehead atoms. The predicted molar refractivity (Wildman–Crippen MR) is 86.7 cm³/mol. The minimum Gasteiger partial charge on any atom is -0.346 e. The van der Waals surface area contributed by atoms with Crippen LogP contribution in [0.3, 0.4) is 0 Å². The van der Waals surface area contributed by atoms with Crippen LogP contribution in [0, 0.1) is 18.8 Å². The summed E-state index contributed by atoms with van der Waals surface area (Å²) in [5.74, 6) is 6.49. The highest BCUT2D eigenvalue weighted by atomic mass is 32.1. The first-order valence-corrected chi connectivity index (χ1v) is 8.49. The molecule has 0 saturated carbocycles. The van der Waals surface area contributed by atoms with E-state index in [9.17, 15) is 0 Å². The molecule has 0 radical (unpaired) electrons. The lowest BCUT2D eigenvalue weighted by Gasteiger charge is -2.33. The predicted octanol–water partition coefficient (Wildman–Crippen LogP) is 2.69. The molecule has 20 heavy (non-hydrogen) atoms. The van der Waals surface area contributed by atoms with E-state index in [1.807, 2.05) is 6.07 Å². The van der Waals surface area contributed by atoms with Crippen LogP contribution < -0.4 is 4.90 Å². The Balaban J connectivity index is 1.49. The van der Waals surface area contributed by atoms with Crippen molar-refractivity contribution in [3.8, 4) is 11.8 Å². The van der Waals surface area contributed by atoms with E-state index in [0.717, 1.165) is 48.4 Å². The first kappa shape index (κ1) is 13.6. The zero-order valence-electron chi connectivity index (χ0n) is 11.5. The summed E-state index contributed by atoms with van der Waals surface area (Å²) in [6.45, 7) is 7.15. The topological polar surface area (TPSA) is 19.4 Å². The number of aryl methyl sites for hydroxylation is 1. The molecule has 0 unspecified atom stereocenters. The number of thiazole rings is 1. The molecule has 3 nitrogen and oxygen atoms in total. The van der Waals surface area contributed by atoms with Crippen molar-refractivity contribution < 1.29 is 0 Å². The molecule has 0 N–H and O–H groups in total. The fraction of sp³-hybridized carbons (Fsp3) is 0.400. The van der Waals surface area contributed by atoms with Gasteiger partial charge in [0.1, 0.15) is 0 Å². The number of rotatable bonds is 2. The van der Waals surface area contributed by atoms with E-state index in [1.54, 1.807) is 22.7 Å². The van der Waals surface area contributed by atoms with Crippen molar-refractivity contribution in [2.45, 2.75) is 6.92 Å². The van der Waals surface area contributed by atoms with Gasteiger partial charge in [0.15, 0.2) is 5.13 Å². The van der Waals surface area contributed by atoms with Gasteiger partial charge < -0.3 is 4.90 Å². The van der Waals surface area contributed by atoms with Crippen LogP contribution >= 0.6 is 22.7 Å². The Morgan fingerprint density at radius 1 is 1.25 bits per heavy atom. The smallest absolute Gasteiger partial charge is 0.185 e. The van der Waals surface area contributed by atoms with Crippen LogP contribution in [0.15, 0.2) is 22.9 Å². The Morgan fingerprint density at radius 3 is 2.75 bits per heavy atom. The van der Waals surface area contributed by atoms with Crippen molar-refractivity contribution in [1.29, 1.82) is 0 Å². The summed E-state index contributed by atoms with van der Waals surface area (Å²) in [6.07, 6.45) is 0. The number of aromatic nitrogens is 1. The van der Waals surface area contributed by atoms with E-state index in [2.05, 4.69) is 50.4 Å². The molecule has 0 spiro atoms. The summed E-state index contributed by atoms with van der Waals surface area (Å²) in [4.78, 5) is 10.5. The molecule has 1 fully saturated rings. The lowest BCUT2D eigenvalue weighted by Crippen LogP contribution is -2.46. The van der Waals surface area contributed by atoms with Gasteiger partial charge >= 0.3 is 0 Å². The highest BCUT2D eigenvalue weighted by Gasteiger charge is 2.18. The van der Waals surface area contributed by atoms with Gasteiger partial charge in [-0.15, -0.1) is 22.7 Å². The van der Waals surface area contributed by atoms with E-state index < -0.39 is 0 Å². The quantitative estimate of drug-likeness (QED) is 0.795. The van der Waals surface area contributed by atoms with E-state index in [-0.39, 0.29) is 0 Å². The Hall–Kier alpha value is -1.35. The van der Waals surface area contributed by atoms with E-state index in [0.29, 0.717) is 0 Å². The van der Waals surface area contributed by atoms with E-state index >= 15 is 0 Å². The third kappa shape index (κ3) is 3.40. The molecule has 104 valence electrons. The lowest BCUT2D eigenvalue weighted by atomic mass is 10.3. The van der Waals surface area contributed by atoms with Crippen LogP contribution in [0.1, 0.15) is 10.6 Å². The average Bonchev–Trinajstić information content (AvgIpc) is 3.11. The number of thiophene rings is 1. The Morgan fingerprint density at radius 2 is 2.10 bits per heavy atom. The molecule has 0 aliphatic carbocycles. The highest BCUT2D eigenvalue weighted by Crippen LogP contribution is 2.21. The van der Waals surface area contributed by atoms with E-state index in [4.69, 9.17) is 0 Å². The molecule has 1 aliphatic heterocycles. The van der Waals surface area contributed by atoms with Gasteiger partial charge in [0.25, 0.3) is 0 Å². The van der Waals surface area contributed by atoms with Gasteiger partial charge in [0, 0.05) is 31.6 Å². The van der Waals surface area contributed by atoms with Crippen LogP contribution in [0.25, 0.3) is 0 Å². The standard InChI is InChI=1S/C15H17N3S2/c1-13-12-20-15(16-13)18-9-7-17(8-10-18)6-2-4-14-5-3-11-19-14/h3,5,11-12H,6-10H2,1H3. The number of hydrogen-bond donors (Lipinski definition) is 0. The van der Waals surface area contributed by atoms with Gasteiger partial charge in [-0.1, -0.05) is 17.9 Å². The van der Waals surface area contributed by atoms with E-state index in [1.165, 1.54) is 0 Å². The second-order valence-corrected chi connectivity index (χ2v) is 6.60. The fourth-order valence-corrected chi connectivity index (χ4v) is 3.62. The first-order chi connectivity index (χ1) is 9.81. The fourth-order valence-electron chi connectivity index (χ4n) is 2.17. The summed E-state index contributed by atoms with van der Waals surface area (Å²) in [6, 6.07) is 4.11. The van der Waals surface area contributed by atoms with Crippen molar-refractivity contribution in [3.63, 3.8) is 0 Å². The van der Waals surface area contributed by atoms with Crippen molar-refractivity contribution in [3.05, 3.63) is 33.5 Å². The van der Waals surface area contributed by atoms with Crippen LogP contribution in [0.5, 0.6) is 0 Å². The summed E-state index contributed by atoms with van der Waals surface area (Å²) < 4.78 is 0. The SMILES string of the molecule is Cc1csc(N2CCN(CC#Cc3cccs3)CC2)n1. The molecule has 1 saturated heterocycles. The maximum absolute atomic E-state index is 4.55. The Bertz CT molecular complexity index is 599. The second-order valence-electron chi connectivity index (χ2n) is 4.81. The Labute approximate surface area is 127 Å². The van der Waals surface area contributed by atoms with Crippen LogP contribution in [0.4, 0.5) is 5.13 Å². The molecular formula is C15H17N3S2. The van der Waals surface area contributed by atoms with Crippen LogP contribution in [0.2, 0.25) is 0 Å². The molecule has 2 aromatic rings. The lowest BCUT2D eigenvalue weighted by molar-refractivity contribution is 0.288. The summed E-state index contributed by atoms with van der Waals surface area (Å²) in [7, 11) is 0. The zero-order valence-corrected chi connectivity index (χ0v) is 13.1. The first-order valence-electron chi connectivity index (χ1n) is 6.73. The summed E-state index contributed by atoms with van der Waals surface area (Å²) >= 11 is 3.45. The monoisotopic (exact) mass is 303 g/mol. The van der Waals surface area contributed by atoms with Crippen LogP contribution in [-0.4, -0.2) is 42.6 Å². The van der Waals surface area contributed by atoms with Crippen molar-refractivity contribution in [2.24, 2.45) is 0 Å². The minimum atomic E-state index is 0.864. The normalized spacial score (nSPS) is 15.9. The second kappa shape index (κ2) is 6.40. The maximum atomic E-state index is 4.55. The van der Waals surface area contributed by atoms with Gasteiger partial charge in [-0.2, -0.15) is 0 Å². The highest BCUT2D eigenvalue weighted by molar-refractivity contribution is 7.13. The third-order valence-corrected chi connectivity index (χ3v) is 5.09. The van der Waals surface area contributed by atoms with Crippen molar-refractivity contribution in [1.82, 2.24) is 9.88 Å². The third-order valence-electron chi connectivity index (χ3n) is 3.29. The average molecular weight is 303 g/mol. The molecule has 1 aliphatic rings. The molecule has 3 heterocycles. The summed E-state index contributed by atoms with van der Waals surface area (Å²) in [5.41, 5.74) is 1.12. The van der Waals surface area contributed by atoms with Gasteiger partial charge in [0.2, 0.25) is 0 Å². The van der Waals surface area contributed by atoms with Crippen molar-refractivity contribution >= 4 is 27.8 Å². The number of nitrogens with zero attached hydrogens (tertiary/aromatic N) is 3. The van der Waals surface area contributed by atoms with Gasteiger partial charge in [-0.05, 0) is 18.4 Å². The zero-order chi connectivity index (χ0) is 13.8. The molecule has 0 aromatic carbocycles. The molecule has 0 atom stereocenters. The number of anilines is 1. The molecule has 3 rings (SSSR count). The molecule has 5 heteroatoms. The van der Waals surface area contributed by atoms with Gasteiger partial charge in [-0.3, -0.25) is 4.90 Å². The molecular weight excluding hydrogens is 286 g/mol. The number of hydrogen-bond acceptors (Lipinski definition) is 5. The Kier molecular flexibility index (Phi) is 4.36. The van der Waals surface area contributed by atoms with Crippen molar-refractivity contribution in [2.75, 3.05) is 37.6 Å². The molecule has 0 amide bonds. The van der Waals surface area contributed by atoms with Gasteiger partial charge in [0.05, 0.1) is 17.1 Å². The van der Waals surface area contributed by atoms with Gasteiger partial charge in [-0.25, -0.2) is 4.98 Å². The summed E-state index contributed by atoms with van der Waals surface area (Å²) in [5, 5.41) is 5.35.